The molecule has 0 amide bonds. The smallest absolute Gasteiger partial charge is 0.342 e. The average Bonchev–Trinajstić information content (AvgIpc) is 2.54. The van der Waals surface area contributed by atoms with E-state index in [-0.39, 0.29) is 16.5 Å². The maximum Gasteiger partial charge on any atom is 0.342 e. The summed E-state index contributed by atoms with van der Waals surface area (Å²) in [4.78, 5) is 41.2. The van der Waals surface area contributed by atoms with Gasteiger partial charge in [-0.3, -0.25) is 9.78 Å². The molecular weight excluding hydrogens is 333 g/mol. The fourth-order valence-corrected chi connectivity index (χ4v) is 2.66. The molecule has 0 aliphatic rings. The normalized spacial score (nSPS) is 10.8. The summed E-state index contributed by atoms with van der Waals surface area (Å²) in [5.41, 5.74) is 2.65. The van der Waals surface area contributed by atoms with Crippen molar-refractivity contribution in [2.45, 2.75) is 0 Å². The van der Waals surface area contributed by atoms with Crippen LogP contribution < -0.4 is 11.3 Å². The van der Waals surface area contributed by atoms with Gasteiger partial charge in [-0.05, 0) is 24.3 Å². The summed E-state index contributed by atoms with van der Waals surface area (Å²) in [6.07, 6.45) is 1.34. The number of carbonyl (C=O) groups is 2. The summed E-state index contributed by atoms with van der Waals surface area (Å²) < 4.78 is 14.0. The summed E-state index contributed by atoms with van der Waals surface area (Å²) in [7, 11) is 0. The number of aromatic amines is 1. The van der Waals surface area contributed by atoms with E-state index in [0.29, 0.717) is 0 Å². The maximum absolute atomic E-state index is 14.0. The Morgan fingerprint density at radius 2 is 1.80 bits per heavy atom. The predicted octanol–water partition coefficient (Wildman–Crippen LogP) is 1.71. The molecule has 2 aromatic heterocycles. The van der Waals surface area contributed by atoms with Gasteiger partial charge in [0.15, 0.2) is 0 Å². The number of rotatable bonds is 3. The molecule has 0 saturated carbocycles. The number of benzene rings is 1. The van der Waals surface area contributed by atoms with Crippen LogP contribution in [0.4, 0.5) is 10.2 Å². The molecule has 5 N–H and O–H groups in total. The van der Waals surface area contributed by atoms with Gasteiger partial charge in [0.1, 0.15) is 22.8 Å². The highest BCUT2D eigenvalue weighted by molar-refractivity contribution is 6.10. The predicted molar refractivity (Wildman–Crippen MR) is 86.1 cm³/mol. The highest BCUT2D eigenvalue weighted by Gasteiger charge is 2.28. The minimum absolute atomic E-state index is 0.0116. The number of nitrogens with zero attached hydrogens (tertiary/aromatic N) is 1. The summed E-state index contributed by atoms with van der Waals surface area (Å²) in [5.74, 6) is -4.32. The van der Waals surface area contributed by atoms with Gasteiger partial charge >= 0.3 is 11.9 Å². The number of nitrogens with one attached hydrogen (secondary N) is 1. The first-order valence-electron chi connectivity index (χ1n) is 6.89. The van der Waals surface area contributed by atoms with Crippen molar-refractivity contribution < 1.29 is 24.2 Å². The second kappa shape index (κ2) is 5.71. The monoisotopic (exact) mass is 343 g/mol. The van der Waals surface area contributed by atoms with Crippen LogP contribution in [0.1, 0.15) is 20.7 Å². The number of aromatic carboxylic acids is 2. The van der Waals surface area contributed by atoms with Crippen LogP contribution in [0.15, 0.2) is 35.3 Å². The molecule has 1 aromatic carbocycles. The van der Waals surface area contributed by atoms with Crippen molar-refractivity contribution in [1.29, 1.82) is 0 Å². The quantitative estimate of drug-likeness (QED) is 0.566. The van der Waals surface area contributed by atoms with Gasteiger partial charge in [0.2, 0.25) is 0 Å². The van der Waals surface area contributed by atoms with E-state index in [2.05, 4.69) is 4.98 Å². The second-order valence-corrected chi connectivity index (χ2v) is 5.10. The molecule has 0 spiro atoms. The molecule has 2 heterocycles. The minimum atomic E-state index is -1.65. The number of nitrogens with two attached hydrogens (primary N) is 1. The van der Waals surface area contributed by atoms with Crippen LogP contribution in [0, 0.1) is 5.82 Å². The zero-order valence-electron chi connectivity index (χ0n) is 12.4. The standard InChI is InChI=1S/C16H10FN3O5/c17-8-4-3-7(12-6(8)2-1-5-19-12)9-10(15(22)23)13(18)20-14(21)11(9)16(24)25/h1-5H,(H,22,23)(H,24,25)(H3,18,20,21). The van der Waals surface area contributed by atoms with Gasteiger partial charge in [-0.15, -0.1) is 0 Å². The van der Waals surface area contributed by atoms with Crippen LogP contribution in [-0.4, -0.2) is 32.1 Å². The number of pyridine rings is 2. The first-order valence-corrected chi connectivity index (χ1v) is 6.89. The molecule has 0 radical (unpaired) electrons. The molecule has 126 valence electrons. The Balaban J connectivity index is 2.58. The fraction of sp³-hybridized carbons (Fsp3) is 0. The molecule has 0 aliphatic carbocycles. The SMILES string of the molecule is Nc1[nH]c(=O)c(C(=O)O)c(-c2ccc(F)c3cccnc23)c1C(=O)O. The van der Waals surface area contributed by atoms with Crippen LogP contribution in [0.25, 0.3) is 22.0 Å². The van der Waals surface area contributed by atoms with Crippen molar-refractivity contribution in [3.8, 4) is 11.1 Å². The number of aromatic nitrogens is 2. The highest BCUT2D eigenvalue weighted by atomic mass is 19.1. The van der Waals surface area contributed by atoms with Gasteiger partial charge in [0.25, 0.3) is 5.56 Å². The summed E-state index contributed by atoms with van der Waals surface area (Å²) in [6, 6.07) is 5.07. The van der Waals surface area contributed by atoms with Gasteiger partial charge < -0.3 is 20.9 Å². The van der Waals surface area contributed by atoms with Crippen molar-refractivity contribution in [2.24, 2.45) is 0 Å². The van der Waals surface area contributed by atoms with Gasteiger partial charge in [-0.1, -0.05) is 0 Å². The third-order valence-electron chi connectivity index (χ3n) is 3.66. The van der Waals surface area contributed by atoms with E-state index >= 15 is 0 Å². The van der Waals surface area contributed by atoms with Crippen LogP contribution in [0.3, 0.4) is 0 Å². The lowest BCUT2D eigenvalue weighted by molar-refractivity contribution is 0.0695. The molecule has 0 aliphatic heterocycles. The number of nitrogen functional groups attached to an aromatic ring is 1. The lowest BCUT2D eigenvalue weighted by atomic mass is 9.93. The van der Waals surface area contributed by atoms with Gasteiger partial charge in [0.05, 0.1) is 5.52 Å². The van der Waals surface area contributed by atoms with Crippen molar-refractivity contribution in [1.82, 2.24) is 9.97 Å². The van der Waals surface area contributed by atoms with E-state index < -0.39 is 45.8 Å². The molecule has 25 heavy (non-hydrogen) atoms. The molecule has 0 bridgehead atoms. The zero-order valence-corrected chi connectivity index (χ0v) is 12.4. The topological polar surface area (TPSA) is 146 Å². The molecule has 0 saturated heterocycles. The second-order valence-electron chi connectivity index (χ2n) is 5.10. The molecule has 0 fully saturated rings. The average molecular weight is 343 g/mol. The van der Waals surface area contributed by atoms with Crippen LogP contribution >= 0.6 is 0 Å². The van der Waals surface area contributed by atoms with E-state index in [1.165, 1.54) is 18.3 Å². The Hall–Kier alpha value is -3.75. The van der Waals surface area contributed by atoms with Gasteiger partial charge in [0, 0.05) is 22.7 Å². The van der Waals surface area contributed by atoms with E-state index in [9.17, 15) is 29.0 Å². The molecule has 9 heteroatoms. The maximum atomic E-state index is 14.0. The fourth-order valence-electron chi connectivity index (χ4n) is 2.66. The van der Waals surface area contributed by atoms with Crippen LogP contribution in [0.5, 0.6) is 0 Å². The third kappa shape index (κ3) is 2.47. The van der Waals surface area contributed by atoms with E-state index in [4.69, 9.17) is 5.73 Å². The van der Waals surface area contributed by atoms with Crippen molar-refractivity contribution in [3.63, 3.8) is 0 Å². The van der Waals surface area contributed by atoms with E-state index in [0.717, 1.165) is 12.1 Å². The minimum Gasteiger partial charge on any atom is -0.478 e. The molecular formula is C16H10FN3O5. The van der Waals surface area contributed by atoms with Crippen molar-refractivity contribution >= 4 is 28.7 Å². The van der Waals surface area contributed by atoms with Gasteiger partial charge in [-0.25, -0.2) is 14.0 Å². The number of hydrogen-bond donors (Lipinski definition) is 4. The van der Waals surface area contributed by atoms with E-state index in [1.807, 2.05) is 4.98 Å². The molecule has 3 rings (SSSR count). The Morgan fingerprint density at radius 1 is 1.12 bits per heavy atom. The lowest BCUT2D eigenvalue weighted by Crippen LogP contribution is -2.24. The molecule has 3 aromatic rings. The largest absolute Gasteiger partial charge is 0.478 e. The highest BCUT2D eigenvalue weighted by Crippen LogP contribution is 2.34. The van der Waals surface area contributed by atoms with Crippen molar-refractivity contribution in [2.75, 3.05) is 5.73 Å². The Labute approximate surface area is 138 Å². The van der Waals surface area contributed by atoms with Crippen LogP contribution in [-0.2, 0) is 0 Å². The Bertz CT molecular complexity index is 1110. The number of H-pyrrole nitrogens is 1. The number of fused-ring (bicyclic) bond motifs is 1. The number of anilines is 1. The first kappa shape index (κ1) is 16.1. The molecule has 0 unspecified atom stereocenters. The van der Waals surface area contributed by atoms with Gasteiger partial charge in [-0.2, -0.15) is 0 Å². The Kier molecular flexibility index (Phi) is 3.68. The number of carboxylic acids is 2. The van der Waals surface area contributed by atoms with Crippen molar-refractivity contribution in [3.05, 3.63) is 57.8 Å². The Morgan fingerprint density at radius 3 is 2.44 bits per heavy atom. The summed E-state index contributed by atoms with van der Waals surface area (Å²) >= 11 is 0. The molecule has 8 nitrogen and oxygen atoms in total. The molecule has 0 atom stereocenters. The van der Waals surface area contributed by atoms with E-state index in [1.54, 1.807) is 0 Å². The zero-order chi connectivity index (χ0) is 18.3. The van der Waals surface area contributed by atoms with Crippen LogP contribution in [0.2, 0.25) is 0 Å². The number of carboxylic acid groups (broad SMARTS) is 2. The summed E-state index contributed by atoms with van der Waals surface area (Å²) in [6.45, 7) is 0. The number of hydrogen-bond acceptors (Lipinski definition) is 5. The number of halogens is 1. The summed E-state index contributed by atoms with van der Waals surface area (Å²) in [5, 5.41) is 18.9. The first-order chi connectivity index (χ1) is 11.8. The third-order valence-corrected chi connectivity index (χ3v) is 3.66. The lowest BCUT2D eigenvalue weighted by Gasteiger charge is -2.13.